The molecule has 26 heavy (non-hydrogen) atoms. The molecule has 0 spiro atoms. The molecule has 0 amide bonds. The number of guanidine groups is 1. The van der Waals surface area contributed by atoms with Gasteiger partial charge in [0.05, 0.1) is 10.5 Å². The fraction of sp³-hybridized carbons (Fsp3) is 0.632. The van der Waals surface area contributed by atoms with Crippen LogP contribution in [0.1, 0.15) is 38.8 Å². The molecule has 1 aliphatic heterocycles. The van der Waals surface area contributed by atoms with E-state index in [0.717, 1.165) is 12.5 Å². The van der Waals surface area contributed by atoms with Gasteiger partial charge in [-0.15, -0.1) is 24.0 Å². The SMILES string of the molecule is CN=C(NCC(C)(C)c1cccc(C)c1)N1CCS(=O)(=O)C(C)(C)C1.I. The van der Waals surface area contributed by atoms with Gasteiger partial charge in [-0.3, -0.25) is 4.99 Å². The topological polar surface area (TPSA) is 61.8 Å². The quantitative estimate of drug-likeness (QED) is 0.400. The predicted octanol–water partition coefficient (Wildman–Crippen LogP) is 2.98. The summed E-state index contributed by atoms with van der Waals surface area (Å²) < 4.78 is 23.7. The molecule has 0 saturated carbocycles. The van der Waals surface area contributed by atoms with Crippen molar-refractivity contribution in [3.05, 3.63) is 35.4 Å². The summed E-state index contributed by atoms with van der Waals surface area (Å²) in [6, 6.07) is 8.54. The lowest BCUT2D eigenvalue weighted by atomic mass is 9.84. The number of hydrogen-bond donors (Lipinski definition) is 1. The average molecular weight is 493 g/mol. The van der Waals surface area contributed by atoms with Gasteiger partial charge >= 0.3 is 0 Å². The van der Waals surface area contributed by atoms with E-state index in [9.17, 15) is 8.42 Å². The second-order valence-corrected chi connectivity index (χ2v) is 10.9. The minimum absolute atomic E-state index is 0. The number of sulfone groups is 1. The Labute approximate surface area is 175 Å². The molecule has 0 aliphatic carbocycles. The minimum Gasteiger partial charge on any atom is -0.355 e. The van der Waals surface area contributed by atoms with Gasteiger partial charge in [-0.1, -0.05) is 43.7 Å². The summed E-state index contributed by atoms with van der Waals surface area (Å²) in [5, 5.41) is 3.44. The summed E-state index contributed by atoms with van der Waals surface area (Å²) in [4.78, 5) is 6.42. The van der Waals surface area contributed by atoms with Gasteiger partial charge in [-0.25, -0.2) is 8.42 Å². The zero-order chi connectivity index (χ0) is 18.9. The number of rotatable bonds is 3. The number of benzene rings is 1. The standard InChI is InChI=1S/C19H31N3O2S.HI/c1-15-8-7-9-16(12-15)18(2,3)13-21-17(20-6)22-10-11-25(23,24)19(4,5)14-22;/h7-9,12H,10-11,13-14H2,1-6H3,(H,20,21);1H. The summed E-state index contributed by atoms with van der Waals surface area (Å²) in [6.07, 6.45) is 0. The number of hydrogen-bond acceptors (Lipinski definition) is 3. The van der Waals surface area contributed by atoms with Crippen molar-refractivity contribution in [2.24, 2.45) is 4.99 Å². The highest BCUT2D eigenvalue weighted by Gasteiger charge is 2.41. The van der Waals surface area contributed by atoms with Gasteiger partial charge < -0.3 is 10.2 Å². The van der Waals surface area contributed by atoms with Crippen molar-refractivity contribution in [2.45, 2.75) is 44.8 Å². The first-order valence-corrected chi connectivity index (χ1v) is 10.4. The Hall–Kier alpha value is -0.830. The molecule has 0 bridgehead atoms. The first kappa shape index (κ1) is 23.2. The Morgan fingerprint density at radius 2 is 2.00 bits per heavy atom. The fourth-order valence-corrected chi connectivity index (χ4v) is 4.49. The molecule has 0 unspecified atom stereocenters. The van der Waals surface area contributed by atoms with Crippen LogP contribution in [0.25, 0.3) is 0 Å². The van der Waals surface area contributed by atoms with Crippen LogP contribution in [0.5, 0.6) is 0 Å². The second kappa shape index (κ2) is 8.46. The van der Waals surface area contributed by atoms with Gasteiger partial charge in [0.15, 0.2) is 15.8 Å². The first-order chi connectivity index (χ1) is 11.5. The van der Waals surface area contributed by atoms with E-state index in [-0.39, 0.29) is 35.1 Å². The van der Waals surface area contributed by atoms with Crippen LogP contribution in [-0.4, -0.2) is 56.5 Å². The number of aliphatic imine (C=N–C) groups is 1. The van der Waals surface area contributed by atoms with E-state index in [1.54, 1.807) is 20.9 Å². The number of halogens is 1. The van der Waals surface area contributed by atoms with Gasteiger partial charge in [-0.05, 0) is 26.3 Å². The monoisotopic (exact) mass is 493 g/mol. The van der Waals surface area contributed by atoms with E-state index in [1.165, 1.54) is 11.1 Å². The zero-order valence-electron chi connectivity index (χ0n) is 16.7. The van der Waals surface area contributed by atoms with Gasteiger partial charge in [0.25, 0.3) is 0 Å². The molecule has 1 saturated heterocycles. The Morgan fingerprint density at radius 3 is 2.54 bits per heavy atom. The molecule has 0 aromatic heterocycles. The van der Waals surface area contributed by atoms with Crippen LogP contribution in [0.3, 0.4) is 0 Å². The lowest BCUT2D eigenvalue weighted by Crippen LogP contribution is -2.58. The van der Waals surface area contributed by atoms with Crippen molar-refractivity contribution in [1.82, 2.24) is 10.2 Å². The lowest BCUT2D eigenvalue weighted by molar-refractivity contribution is 0.349. The molecular formula is C19H32IN3O2S. The molecule has 1 aliphatic rings. The van der Waals surface area contributed by atoms with E-state index >= 15 is 0 Å². The normalized spacial score (nSPS) is 19.6. The van der Waals surface area contributed by atoms with Crippen LogP contribution in [0.2, 0.25) is 0 Å². The largest absolute Gasteiger partial charge is 0.355 e. The average Bonchev–Trinajstić information content (AvgIpc) is 2.51. The van der Waals surface area contributed by atoms with E-state index in [1.807, 2.05) is 4.90 Å². The predicted molar refractivity (Wildman–Crippen MR) is 120 cm³/mol. The Morgan fingerprint density at radius 1 is 1.35 bits per heavy atom. The van der Waals surface area contributed by atoms with Crippen LogP contribution < -0.4 is 5.32 Å². The molecule has 7 heteroatoms. The summed E-state index contributed by atoms with van der Waals surface area (Å²) >= 11 is 0. The molecule has 0 radical (unpaired) electrons. The maximum absolute atomic E-state index is 12.2. The molecule has 0 atom stereocenters. The molecule has 1 aromatic carbocycles. The van der Waals surface area contributed by atoms with Crippen molar-refractivity contribution in [2.75, 3.05) is 32.4 Å². The third kappa shape index (κ3) is 5.12. The van der Waals surface area contributed by atoms with Crippen LogP contribution in [-0.2, 0) is 15.3 Å². The maximum atomic E-state index is 12.2. The van der Waals surface area contributed by atoms with Crippen molar-refractivity contribution in [3.63, 3.8) is 0 Å². The second-order valence-electron chi connectivity index (χ2n) is 8.15. The Bertz CT molecular complexity index is 758. The first-order valence-electron chi connectivity index (χ1n) is 8.74. The molecule has 1 fully saturated rings. The molecule has 1 aromatic rings. The highest BCUT2D eigenvalue weighted by atomic mass is 127. The van der Waals surface area contributed by atoms with Gasteiger partial charge in [-0.2, -0.15) is 0 Å². The van der Waals surface area contributed by atoms with Crippen molar-refractivity contribution < 1.29 is 8.42 Å². The smallest absolute Gasteiger partial charge is 0.193 e. The van der Waals surface area contributed by atoms with Crippen LogP contribution in [0.15, 0.2) is 29.3 Å². The van der Waals surface area contributed by atoms with Crippen LogP contribution in [0.4, 0.5) is 0 Å². The Kier molecular flexibility index (Phi) is 7.55. The summed E-state index contributed by atoms with van der Waals surface area (Å²) in [7, 11) is -1.30. The molecular weight excluding hydrogens is 461 g/mol. The van der Waals surface area contributed by atoms with Gasteiger partial charge in [0, 0.05) is 32.1 Å². The van der Waals surface area contributed by atoms with Gasteiger partial charge in [0.1, 0.15) is 0 Å². The Balaban J connectivity index is 0.00000338. The molecule has 1 N–H and O–H groups in total. The highest BCUT2D eigenvalue weighted by Crippen LogP contribution is 2.25. The zero-order valence-corrected chi connectivity index (χ0v) is 19.8. The summed E-state index contributed by atoms with van der Waals surface area (Å²) in [5.41, 5.74) is 2.47. The van der Waals surface area contributed by atoms with E-state index in [0.29, 0.717) is 13.1 Å². The van der Waals surface area contributed by atoms with E-state index in [4.69, 9.17) is 0 Å². The molecule has 5 nitrogen and oxygen atoms in total. The van der Waals surface area contributed by atoms with Gasteiger partial charge in [0.2, 0.25) is 0 Å². The molecule has 148 valence electrons. The maximum Gasteiger partial charge on any atom is 0.193 e. The third-order valence-electron chi connectivity index (χ3n) is 5.04. The molecule has 1 heterocycles. The van der Waals surface area contributed by atoms with E-state index < -0.39 is 14.6 Å². The summed E-state index contributed by atoms with van der Waals surface area (Å²) in [5.74, 6) is 0.936. The van der Waals surface area contributed by atoms with Crippen molar-refractivity contribution in [1.29, 1.82) is 0 Å². The van der Waals surface area contributed by atoms with E-state index in [2.05, 4.69) is 55.3 Å². The lowest BCUT2D eigenvalue weighted by Gasteiger charge is -2.40. The summed E-state index contributed by atoms with van der Waals surface area (Å²) in [6.45, 7) is 11.8. The fourth-order valence-electron chi connectivity index (χ4n) is 3.12. The number of nitrogens with zero attached hydrogens (tertiary/aromatic N) is 2. The number of aryl methyl sites for hydroxylation is 1. The minimum atomic E-state index is -3.05. The van der Waals surface area contributed by atoms with Crippen LogP contribution in [0, 0.1) is 6.92 Å². The van der Waals surface area contributed by atoms with Crippen molar-refractivity contribution >= 4 is 39.8 Å². The van der Waals surface area contributed by atoms with Crippen molar-refractivity contribution in [3.8, 4) is 0 Å². The number of nitrogens with one attached hydrogen (secondary N) is 1. The van der Waals surface area contributed by atoms with Crippen LogP contribution >= 0.6 is 24.0 Å². The highest BCUT2D eigenvalue weighted by molar-refractivity contribution is 14.0. The third-order valence-corrected chi connectivity index (χ3v) is 7.58. The molecule has 2 rings (SSSR count).